The Morgan fingerprint density at radius 2 is 0.885 bits per heavy atom. The highest BCUT2D eigenvalue weighted by atomic mass is 19.2. The van der Waals surface area contributed by atoms with Gasteiger partial charge in [-0.2, -0.15) is 0 Å². The van der Waals surface area contributed by atoms with Gasteiger partial charge in [0, 0.05) is 0 Å². The lowest BCUT2D eigenvalue weighted by Crippen LogP contribution is -2.45. The van der Waals surface area contributed by atoms with Crippen LogP contribution in [0.15, 0.2) is 0 Å². The van der Waals surface area contributed by atoms with Crippen LogP contribution in [0.1, 0.15) is 104 Å². The van der Waals surface area contributed by atoms with Crippen molar-refractivity contribution >= 4 is 0 Å². The molecule has 4 atom stereocenters. The third kappa shape index (κ3) is 4.82. The largest absolute Gasteiger partial charge is 0.244 e. The molecule has 0 radical (unpaired) electrons. The van der Waals surface area contributed by atoms with E-state index in [1.807, 2.05) is 0 Å². The monoisotopic (exact) mass is 368 g/mol. The molecule has 0 aliphatic heterocycles. The van der Waals surface area contributed by atoms with Crippen molar-refractivity contribution in [3.63, 3.8) is 0 Å². The minimum Gasteiger partial charge on any atom is -0.244 e. The van der Waals surface area contributed by atoms with Crippen molar-refractivity contribution in [2.45, 2.75) is 116 Å². The summed E-state index contributed by atoms with van der Waals surface area (Å²) in [7, 11) is 0. The van der Waals surface area contributed by atoms with Gasteiger partial charge in [0.2, 0.25) is 0 Å². The predicted octanol–water partition coefficient (Wildman–Crippen LogP) is 7.90. The first-order chi connectivity index (χ1) is 12.6. The molecule has 0 amide bonds. The van der Waals surface area contributed by atoms with Crippen LogP contribution < -0.4 is 0 Å². The summed E-state index contributed by atoms with van der Waals surface area (Å²) in [5, 5.41) is 0. The van der Waals surface area contributed by atoms with Gasteiger partial charge in [0.15, 0.2) is 0 Å². The van der Waals surface area contributed by atoms with Gasteiger partial charge < -0.3 is 0 Å². The highest BCUT2D eigenvalue weighted by Crippen LogP contribution is 2.48. The summed E-state index contributed by atoms with van der Waals surface area (Å²) in [4.78, 5) is 0. The fraction of sp³-hybridized carbons (Fsp3) is 1.00. The average Bonchev–Trinajstić information content (AvgIpc) is 2.66. The van der Waals surface area contributed by atoms with Crippen LogP contribution >= 0.6 is 0 Å². The first-order valence-electron chi connectivity index (χ1n) is 11.9. The molecule has 3 rings (SSSR count). The smallest absolute Gasteiger partial charge is 0.134 e. The Labute approximate surface area is 160 Å². The molecule has 0 aromatic carbocycles. The number of hydrogen-bond acceptors (Lipinski definition) is 0. The van der Waals surface area contributed by atoms with E-state index in [9.17, 15) is 0 Å². The molecule has 0 nitrogen and oxygen atoms in total. The fourth-order valence-electron chi connectivity index (χ4n) is 6.79. The van der Waals surface area contributed by atoms with Crippen LogP contribution in [0.3, 0.4) is 0 Å². The topological polar surface area (TPSA) is 0 Å². The Morgan fingerprint density at radius 1 is 0.538 bits per heavy atom. The van der Waals surface area contributed by atoms with Crippen molar-refractivity contribution in [3.8, 4) is 0 Å². The van der Waals surface area contributed by atoms with E-state index >= 15 is 8.78 Å². The zero-order chi connectivity index (χ0) is 18.5. The van der Waals surface area contributed by atoms with Crippen LogP contribution in [0, 0.1) is 35.5 Å². The van der Waals surface area contributed by atoms with E-state index in [2.05, 4.69) is 13.8 Å². The van der Waals surface area contributed by atoms with Gasteiger partial charge in [0.25, 0.3) is 0 Å². The summed E-state index contributed by atoms with van der Waals surface area (Å²) in [6.45, 7) is 4.52. The van der Waals surface area contributed by atoms with Crippen molar-refractivity contribution in [1.82, 2.24) is 0 Å². The molecule has 0 bridgehead atoms. The Hall–Kier alpha value is -0.140. The lowest BCUT2D eigenvalue weighted by Gasteiger charge is -2.44. The Bertz CT molecular complexity index is 355. The summed E-state index contributed by atoms with van der Waals surface area (Å²) >= 11 is 0. The lowest BCUT2D eigenvalue weighted by atomic mass is 9.63. The van der Waals surface area contributed by atoms with Crippen LogP contribution in [-0.4, -0.2) is 12.3 Å². The molecular weight excluding hydrogens is 326 g/mol. The highest BCUT2D eigenvalue weighted by molar-refractivity contribution is 4.95. The van der Waals surface area contributed by atoms with E-state index < -0.39 is 12.3 Å². The normalized spacial score (nSPS) is 44.8. The van der Waals surface area contributed by atoms with Gasteiger partial charge in [-0.15, -0.1) is 0 Å². The van der Waals surface area contributed by atoms with E-state index in [1.54, 1.807) is 0 Å². The van der Waals surface area contributed by atoms with Gasteiger partial charge >= 0.3 is 0 Å². The standard InChI is InChI=1S/C24H42F2/c1-3-5-17-7-11-19(12-8-17)21-15-16-22(24(26)23(21)25)20-13-9-18(6-4-2)10-14-20/h17-24H,3-16H2,1-2H3. The first kappa shape index (κ1) is 20.6. The number of halogens is 2. The van der Waals surface area contributed by atoms with Crippen LogP contribution in [0.25, 0.3) is 0 Å². The Balaban J connectivity index is 1.49. The van der Waals surface area contributed by atoms with Gasteiger partial charge in [-0.1, -0.05) is 65.2 Å². The zero-order valence-electron chi connectivity index (χ0n) is 17.3. The second-order valence-electron chi connectivity index (χ2n) is 9.93. The van der Waals surface area contributed by atoms with Crippen LogP contribution in [0.2, 0.25) is 0 Å². The molecule has 0 aromatic rings. The van der Waals surface area contributed by atoms with Crippen molar-refractivity contribution in [1.29, 1.82) is 0 Å². The van der Waals surface area contributed by atoms with Gasteiger partial charge in [-0.25, -0.2) is 8.78 Å². The summed E-state index contributed by atoms with van der Waals surface area (Å²) in [6.07, 6.45) is 14.3. The van der Waals surface area contributed by atoms with Gasteiger partial charge in [0.1, 0.15) is 12.3 Å². The van der Waals surface area contributed by atoms with E-state index in [1.165, 1.54) is 51.4 Å². The molecule has 3 aliphatic rings. The SMILES string of the molecule is CCCC1CCC(C2CCC(C3CCC(CCC)CC3)C(F)C2F)CC1. The predicted molar refractivity (Wildman–Crippen MR) is 107 cm³/mol. The Kier molecular flexibility index (Phi) is 7.82. The molecule has 0 N–H and O–H groups in total. The van der Waals surface area contributed by atoms with Crippen molar-refractivity contribution < 1.29 is 8.78 Å². The summed E-state index contributed by atoms with van der Waals surface area (Å²) in [5.74, 6) is 2.64. The molecule has 4 unspecified atom stereocenters. The van der Waals surface area contributed by atoms with Crippen molar-refractivity contribution in [2.75, 3.05) is 0 Å². The molecule has 0 aromatic heterocycles. The molecule has 152 valence electrons. The second kappa shape index (κ2) is 9.87. The van der Waals surface area contributed by atoms with Crippen molar-refractivity contribution in [3.05, 3.63) is 0 Å². The average molecular weight is 369 g/mol. The molecule has 3 fully saturated rings. The summed E-state index contributed by atoms with van der Waals surface area (Å²) in [5.41, 5.74) is 0. The molecule has 0 heterocycles. The molecule has 26 heavy (non-hydrogen) atoms. The quantitative estimate of drug-likeness (QED) is 0.447. The molecule has 0 spiro atoms. The van der Waals surface area contributed by atoms with Gasteiger partial charge in [0.05, 0.1) is 0 Å². The fourth-order valence-corrected chi connectivity index (χ4v) is 6.79. The molecule has 0 saturated heterocycles. The number of hydrogen-bond donors (Lipinski definition) is 0. The van der Waals surface area contributed by atoms with E-state index in [4.69, 9.17) is 0 Å². The van der Waals surface area contributed by atoms with Crippen molar-refractivity contribution in [2.24, 2.45) is 35.5 Å². The molecular formula is C24H42F2. The first-order valence-corrected chi connectivity index (χ1v) is 11.9. The maximum absolute atomic E-state index is 15.1. The molecule has 3 saturated carbocycles. The third-order valence-corrected chi connectivity index (χ3v) is 8.34. The van der Waals surface area contributed by atoms with E-state index in [-0.39, 0.29) is 11.8 Å². The van der Waals surface area contributed by atoms with Crippen LogP contribution in [-0.2, 0) is 0 Å². The number of rotatable bonds is 6. The molecule has 3 aliphatic carbocycles. The maximum atomic E-state index is 15.1. The van der Waals surface area contributed by atoms with Gasteiger partial charge in [-0.3, -0.25) is 0 Å². The highest BCUT2D eigenvalue weighted by Gasteiger charge is 2.46. The van der Waals surface area contributed by atoms with Gasteiger partial charge in [-0.05, 0) is 74.0 Å². The summed E-state index contributed by atoms with van der Waals surface area (Å²) < 4.78 is 30.2. The maximum Gasteiger partial charge on any atom is 0.134 e. The Morgan fingerprint density at radius 3 is 1.19 bits per heavy atom. The second-order valence-corrected chi connectivity index (χ2v) is 9.93. The lowest BCUT2D eigenvalue weighted by molar-refractivity contribution is -0.0370. The zero-order valence-corrected chi connectivity index (χ0v) is 17.3. The van der Waals surface area contributed by atoms with Crippen LogP contribution in [0.4, 0.5) is 8.78 Å². The summed E-state index contributed by atoms with van der Waals surface area (Å²) in [6, 6.07) is 0. The minimum atomic E-state index is -1.19. The third-order valence-electron chi connectivity index (χ3n) is 8.34. The van der Waals surface area contributed by atoms with E-state index in [0.717, 1.165) is 50.4 Å². The number of alkyl halides is 2. The van der Waals surface area contributed by atoms with E-state index in [0.29, 0.717) is 11.8 Å². The van der Waals surface area contributed by atoms with Crippen LogP contribution in [0.5, 0.6) is 0 Å². The minimum absolute atomic E-state index is 0.0141. The molecule has 2 heteroatoms.